The largest absolute Gasteiger partial charge is 0.455 e. The van der Waals surface area contributed by atoms with Crippen molar-refractivity contribution >= 4 is 23.7 Å². The summed E-state index contributed by atoms with van der Waals surface area (Å²) < 4.78 is 18.4. The number of furan rings is 1. The monoisotopic (exact) mass is 342 g/mol. The average molecular weight is 343 g/mol. The van der Waals surface area contributed by atoms with Crippen LogP contribution in [-0.4, -0.2) is 12.1 Å². The summed E-state index contributed by atoms with van der Waals surface area (Å²) in [4.78, 5) is 11.8. The van der Waals surface area contributed by atoms with Crippen LogP contribution in [0.3, 0.4) is 0 Å². The van der Waals surface area contributed by atoms with Gasteiger partial charge in [0.15, 0.2) is 0 Å². The van der Waals surface area contributed by atoms with Gasteiger partial charge in [0, 0.05) is 11.1 Å². The summed E-state index contributed by atoms with van der Waals surface area (Å²) in [5.41, 5.74) is 3.43. The maximum atomic E-state index is 12.8. The van der Waals surface area contributed by atoms with Crippen molar-refractivity contribution in [3.8, 4) is 11.3 Å². The van der Waals surface area contributed by atoms with Gasteiger partial charge < -0.3 is 4.42 Å². The molecule has 0 aliphatic heterocycles. The average Bonchev–Trinajstić information content (AvgIpc) is 3.04. The van der Waals surface area contributed by atoms with Gasteiger partial charge in [-0.2, -0.15) is 5.10 Å². The Morgan fingerprint density at radius 1 is 1.08 bits per heavy atom. The molecular weight excluding hydrogens is 331 g/mol. The molecule has 0 bridgehead atoms. The minimum Gasteiger partial charge on any atom is -0.455 e. The molecule has 6 heteroatoms. The van der Waals surface area contributed by atoms with E-state index in [2.05, 4.69) is 10.5 Å². The predicted molar refractivity (Wildman–Crippen MR) is 90.6 cm³/mol. The van der Waals surface area contributed by atoms with Gasteiger partial charge in [0.05, 0.1) is 11.2 Å². The lowest BCUT2D eigenvalue weighted by molar-refractivity contribution is 0.0955. The van der Waals surface area contributed by atoms with E-state index in [1.165, 1.54) is 30.5 Å². The van der Waals surface area contributed by atoms with Gasteiger partial charge in [-0.1, -0.05) is 23.7 Å². The molecule has 1 aromatic heterocycles. The Morgan fingerprint density at radius 2 is 1.83 bits per heavy atom. The van der Waals surface area contributed by atoms with Crippen LogP contribution in [0.15, 0.2) is 70.2 Å². The van der Waals surface area contributed by atoms with Gasteiger partial charge in [0.25, 0.3) is 5.91 Å². The summed E-state index contributed by atoms with van der Waals surface area (Å²) in [6.07, 6.45) is 1.38. The molecule has 120 valence electrons. The molecule has 2 aromatic carbocycles. The molecule has 0 aliphatic carbocycles. The molecule has 0 atom stereocenters. The highest BCUT2D eigenvalue weighted by Crippen LogP contribution is 2.28. The van der Waals surface area contributed by atoms with E-state index in [0.29, 0.717) is 22.1 Å². The maximum Gasteiger partial charge on any atom is 0.271 e. The van der Waals surface area contributed by atoms with Crippen LogP contribution >= 0.6 is 11.6 Å². The first-order valence-corrected chi connectivity index (χ1v) is 7.45. The van der Waals surface area contributed by atoms with E-state index >= 15 is 0 Å². The van der Waals surface area contributed by atoms with Gasteiger partial charge in [-0.15, -0.1) is 0 Å². The number of hydrogen-bond donors (Lipinski definition) is 1. The number of halogens is 2. The van der Waals surface area contributed by atoms with Crippen LogP contribution in [0.25, 0.3) is 11.3 Å². The molecule has 0 fully saturated rings. The highest BCUT2D eigenvalue weighted by atomic mass is 35.5. The van der Waals surface area contributed by atoms with Gasteiger partial charge in [-0.25, -0.2) is 9.82 Å². The van der Waals surface area contributed by atoms with Crippen LogP contribution in [0.5, 0.6) is 0 Å². The second-order valence-electron chi connectivity index (χ2n) is 4.89. The highest BCUT2D eigenvalue weighted by molar-refractivity contribution is 6.33. The molecule has 0 unspecified atom stereocenters. The van der Waals surface area contributed by atoms with Crippen molar-refractivity contribution in [2.24, 2.45) is 5.10 Å². The number of hydrazone groups is 1. The predicted octanol–water partition coefficient (Wildman–Crippen LogP) is 4.50. The molecular formula is C18H12ClFN2O2. The standard InChI is InChI=1S/C18H12ClFN2O2/c19-16-4-2-1-3-15(16)17-10-9-14(24-17)11-21-22-18(23)12-5-7-13(20)8-6-12/h1-11H,(H,22,23)/b21-11-. The summed E-state index contributed by atoms with van der Waals surface area (Å²) in [6, 6.07) is 16.0. The fourth-order valence-electron chi connectivity index (χ4n) is 2.05. The second kappa shape index (κ2) is 7.10. The summed E-state index contributed by atoms with van der Waals surface area (Å²) in [5, 5.41) is 4.41. The number of amides is 1. The smallest absolute Gasteiger partial charge is 0.271 e. The van der Waals surface area contributed by atoms with Crippen molar-refractivity contribution < 1.29 is 13.6 Å². The quantitative estimate of drug-likeness (QED) is 0.560. The fraction of sp³-hybridized carbons (Fsp3) is 0. The summed E-state index contributed by atoms with van der Waals surface area (Å²) in [6.45, 7) is 0. The maximum absolute atomic E-state index is 12.8. The van der Waals surface area contributed by atoms with Crippen LogP contribution < -0.4 is 5.43 Å². The van der Waals surface area contributed by atoms with E-state index in [0.717, 1.165) is 5.56 Å². The Morgan fingerprint density at radius 3 is 2.58 bits per heavy atom. The SMILES string of the molecule is O=C(N/N=C\c1ccc(-c2ccccc2Cl)o1)c1ccc(F)cc1. The topological polar surface area (TPSA) is 54.6 Å². The van der Waals surface area contributed by atoms with E-state index in [4.69, 9.17) is 16.0 Å². The molecule has 0 spiro atoms. The normalized spacial score (nSPS) is 10.9. The lowest BCUT2D eigenvalue weighted by Crippen LogP contribution is -2.17. The Hall–Kier alpha value is -2.92. The summed E-state index contributed by atoms with van der Waals surface area (Å²) >= 11 is 6.12. The molecule has 1 heterocycles. The highest BCUT2D eigenvalue weighted by Gasteiger charge is 2.07. The van der Waals surface area contributed by atoms with Crippen LogP contribution in [0.2, 0.25) is 5.02 Å². The molecule has 1 N–H and O–H groups in total. The summed E-state index contributed by atoms with van der Waals surface area (Å²) in [7, 11) is 0. The molecule has 24 heavy (non-hydrogen) atoms. The third-order valence-electron chi connectivity index (χ3n) is 3.23. The number of benzene rings is 2. The van der Waals surface area contributed by atoms with Crippen molar-refractivity contribution in [1.82, 2.24) is 5.43 Å². The first-order valence-electron chi connectivity index (χ1n) is 7.07. The van der Waals surface area contributed by atoms with E-state index in [1.54, 1.807) is 18.2 Å². The summed E-state index contributed by atoms with van der Waals surface area (Å²) in [5.74, 6) is 0.220. The molecule has 0 saturated carbocycles. The van der Waals surface area contributed by atoms with E-state index < -0.39 is 11.7 Å². The zero-order valence-corrected chi connectivity index (χ0v) is 13.1. The third-order valence-corrected chi connectivity index (χ3v) is 3.56. The van der Waals surface area contributed by atoms with Crippen molar-refractivity contribution in [1.29, 1.82) is 0 Å². The minimum absolute atomic E-state index is 0.310. The van der Waals surface area contributed by atoms with Gasteiger partial charge in [-0.05, 0) is 48.5 Å². The van der Waals surface area contributed by atoms with Crippen molar-refractivity contribution in [2.75, 3.05) is 0 Å². The number of carbonyl (C=O) groups is 1. The van der Waals surface area contributed by atoms with Gasteiger partial charge in [0.2, 0.25) is 0 Å². The fourth-order valence-corrected chi connectivity index (χ4v) is 2.28. The lowest BCUT2D eigenvalue weighted by atomic mass is 10.2. The lowest BCUT2D eigenvalue weighted by Gasteiger charge is -1.99. The number of nitrogens with zero attached hydrogens (tertiary/aromatic N) is 1. The zero-order chi connectivity index (χ0) is 16.9. The minimum atomic E-state index is -0.441. The van der Waals surface area contributed by atoms with E-state index in [1.807, 2.05) is 18.2 Å². The Balaban J connectivity index is 1.66. The number of carbonyl (C=O) groups excluding carboxylic acids is 1. The van der Waals surface area contributed by atoms with Crippen LogP contribution in [-0.2, 0) is 0 Å². The molecule has 0 radical (unpaired) electrons. The van der Waals surface area contributed by atoms with Crippen molar-refractivity contribution in [3.05, 3.63) is 82.8 Å². The van der Waals surface area contributed by atoms with E-state index in [9.17, 15) is 9.18 Å². The molecule has 0 aliphatic rings. The Bertz CT molecular complexity index is 888. The first kappa shape index (κ1) is 16.0. The molecule has 0 saturated heterocycles. The second-order valence-corrected chi connectivity index (χ2v) is 5.30. The first-order chi connectivity index (χ1) is 11.6. The van der Waals surface area contributed by atoms with Gasteiger partial charge >= 0.3 is 0 Å². The number of hydrogen-bond acceptors (Lipinski definition) is 3. The number of nitrogens with one attached hydrogen (secondary N) is 1. The Labute approximate surface area is 142 Å². The molecule has 4 nitrogen and oxygen atoms in total. The number of rotatable bonds is 4. The van der Waals surface area contributed by atoms with E-state index in [-0.39, 0.29) is 0 Å². The van der Waals surface area contributed by atoms with Crippen molar-refractivity contribution in [2.45, 2.75) is 0 Å². The van der Waals surface area contributed by atoms with Crippen LogP contribution in [0.4, 0.5) is 4.39 Å². The van der Waals surface area contributed by atoms with Crippen molar-refractivity contribution in [3.63, 3.8) is 0 Å². The van der Waals surface area contributed by atoms with Gasteiger partial charge in [0.1, 0.15) is 17.3 Å². The Kier molecular flexibility index (Phi) is 4.72. The third kappa shape index (κ3) is 3.70. The van der Waals surface area contributed by atoms with Crippen LogP contribution in [0, 0.1) is 5.82 Å². The van der Waals surface area contributed by atoms with Crippen LogP contribution in [0.1, 0.15) is 16.1 Å². The molecule has 3 aromatic rings. The molecule has 1 amide bonds. The zero-order valence-electron chi connectivity index (χ0n) is 12.4. The molecule has 3 rings (SSSR count). The van der Waals surface area contributed by atoms with Gasteiger partial charge in [-0.3, -0.25) is 4.79 Å².